The van der Waals surface area contributed by atoms with Gasteiger partial charge in [-0.1, -0.05) is 84.0 Å². The quantitative estimate of drug-likeness (QED) is 0.324. The highest BCUT2D eigenvalue weighted by Crippen LogP contribution is 2.48. The molecule has 1 N–H and O–H groups in total. The van der Waals surface area contributed by atoms with Crippen molar-refractivity contribution < 1.29 is 13.0 Å². The predicted molar refractivity (Wildman–Crippen MR) is 142 cm³/mol. The van der Waals surface area contributed by atoms with Crippen LogP contribution in [0.5, 0.6) is 0 Å². The van der Waals surface area contributed by atoms with Crippen LogP contribution in [0.4, 0.5) is 5.69 Å². The summed E-state index contributed by atoms with van der Waals surface area (Å²) in [5, 5.41) is 0. The second kappa shape index (κ2) is 9.55. The smallest absolute Gasteiger partial charge is 0.294 e. The summed E-state index contributed by atoms with van der Waals surface area (Å²) in [6.07, 6.45) is 8.31. The number of benzene rings is 2. The maximum Gasteiger partial charge on any atom is 0.294 e. The molecule has 0 aromatic heterocycles. The summed E-state index contributed by atoms with van der Waals surface area (Å²) < 4.78 is 33.1. The monoisotopic (exact) mass is 479 g/mol. The largest absolute Gasteiger partial charge is 0.344 e. The summed E-state index contributed by atoms with van der Waals surface area (Å²) >= 11 is 0. The first-order valence-electron chi connectivity index (χ1n) is 11.9. The summed E-state index contributed by atoms with van der Waals surface area (Å²) in [5.41, 5.74) is 5.88. The van der Waals surface area contributed by atoms with Crippen molar-refractivity contribution in [2.24, 2.45) is 0 Å². The Morgan fingerprint density at radius 3 is 2.47 bits per heavy atom. The standard InChI is InChI=1S/C29H37NO3S/c1-8-9-19-30-26-18-17-23(34(31,32)33)20-25(26)29(6,7)27(30)16-12-14-22(3)28(4,5)24-15-11-10-13-21(24)2/h10-18,20H,3,8-9,19H2,1-2,4-7H3,(H,31,32,33)/b14-12+,27-16+. The highest BCUT2D eigenvalue weighted by atomic mass is 32.2. The molecule has 1 heterocycles. The highest BCUT2D eigenvalue weighted by Gasteiger charge is 2.40. The van der Waals surface area contributed by atoms with Crippen molar-refractivity contribution in [3.8, 4) is 0 Å². The van der Waals surface area contributed by atoms with Crippen molar-refractivity contribution in [1.29, 1.82) is 0 Å². The molecule has 0 atom stereocenters. The van der Waals surface area contributed by atoms with Gasteiger partial charge in [0.1, 0.15) is 0 Å². The van der Waals surface area contributed by atoms with Crippen LogP contribution in [-0.4, -0.2) is 19.5 Å². The molecule has 1 aliphatic rings. The van der Waals surface area contributed by atoms with E-state index in [4.69, 9.17) is 0 Å². The second-order valence-electron chi connectivity index (χ2n) is 10.2. The molecule has 3 rings (SSSR count). The predicted octanol–water partition coefficient (Wildman–Crippen LogP) is 7.11. The summed E-state index contributed by atoms with van der Waals surface area (Å²) in [5.74, 6) is 0. The Balaban J connectivity index is 1.99. The van der Waals surface area contributed by atoms with Gasteiger partial charge in [0.2, 0.25) is 0 Å². The fourth-order valence-electron chi connectivity index (χ4n) is 4.78. The van der Waals surface area contributed by atoms with Gasteiger partial charge >= 0.3 is 0 Å². The van der Waals surface area contributed by atoms with Gasteiger partial charge in [0.15, 0.2) is 0 Å². The van der Waals surface area contributed by atoms with Crippen molar-refractivity contribution >= 4 is 15.8 Å². The molecule has 2 aromatic rings. The van der Waals surface area contributed by atoms with Gasteiger partial charge < -0.3 is 4.90 Å². The minimum absolute atomic E-state index is 0.0695. The zero-order valence-corrected chi connectivity index (χ0v) is 22.0. The number of aryl methyl sites for hydroxylation is 1. The summed E-state index contributed by atoms with van der Waals surface area (Å²) in [4.78, 5) is 2.20. The van der Waals surface area contributed by atoms with Crippen molar-refractivity contribution in [2.45, 2.75) is 70.1 Å². The van der Waals surface area contributed by atoms with Crippen LogP contribution in [0.3, 0.4) is 0 Å². The maximum atomic E-state index is 11.8. The third-order valence-electron chi connectivity index (χ3n) is 7.07. The van der Waals surface area contributed by atoms with Crippen LogP contribution in [0, 0.1) is 6.92 Å². The van der Waals surface area contributed by atoms with Crippen LogP contribution in [0.25, 0.3) is 0 Å². The first kappa shape index (κ1) is 26.0. The van der Waals surface area contributed by atoms with E-state index < -0.39 is 15.5 Å². The number of rotatable bonds is 8. The minimum atomic E-state index is -4.26. The Morgan fingerprint density at radius 2 is 1.85 bits per heavy atom. The summed E-state index contributed by atoms with van der Waals surface area (Å²) in [6.45, 7) is 18.1. The molecule has 0 spiro atoms. The average molecular weight is 480 g/mol. The molecule has 0 saturated carbocycles. The molecule has 2 aromatic carbocycles. The molecule has 34 heavy (non-hydrogen) atoms. The van der Waals surface area contributed by atoms with Gasteiger partial charge in [0.05, 0.1) is 4.90 Å². The lowest BCUT2D eigenvalue weighted by atomic mass is 9.76. The van der Waals surface area contributed by atoms with E-state index in [-0.39, 0.29) is 10.3 Å². The molecule has 4 nitrogen and oxygen atoms in total. The van der Waals surface area contributed by atoms with Crippen LogP contribution < -0.4 is 4.90 Å². The zero-order valence-electron chi connectivity index (χ0n) is 21.2. The van der Waals surface area contributed by atoms with Crippen molar-refractivity contribution in [3.05, 3.63) is 95.2 Å². The number of hydrogen-bond donors (Lipinski definition) is 1. The Bertz CT molecular complexity index is 1250. The molecular weight excluding hydrogens is 442 g/mol. The van der Waals surface area contributed by atoms with Crippen LogP contribution in [0.2, 0.25) is 0 Å². The maximum absolute atomic E-state index is 11.8. The third kappa shape index (κ3) is 4.91. The molecule has 1 aliphatic heterocycles. The van der Waals surface area contributed by atoms with Crippen LogP contribution in [0.15, 0.2) is 83.4 Å². The SMILES string of the molecule is C=C(/C=C/C=C1/N(CCCC)c2ccc(S(=O)(=O)O)cc2C1(C)C)C(C)(C)c1ccccc1C. The lowest BCUT2D eigenvalue weighted by Crippen LogP contribution is -2.27. The number of unbranched alkanes of at least 4 members (excludes halogenated alkanes) is 1. The van der Waals surface area contributed by atoms with Crippen LogP contribution in [-0.2, 0) is 20.9 Å². The van der Waals surface area contributed by atoms with Crippen LogP contribution >= 0.6 is 0 Å². The Kier molecular flexibility index (Phi) is 7.30. The highest BCUT2D eigenvalue weighted by molar-refractivity contribution is 7.85. The van der Waals surface area contributed by atoms with E-state index in [9.17, 15) is 13.0 Å². The molecule has 0 fully saturated rings. The first-order chi connectivity index (χ1) is 15.8. The molecule has 0 aliphatic carbocycles. The van der Waals surface area contributed by atoms with E-state index in [1.807, 2.05) is 6.08 Å². The number of fused-ring (bicyclic) bond motifs is 1. The fraction of sp³-hybridized carbons (Fsp3) is 0.379. The Hall–Kier alpha value is -2.63. The minimum Gasteiger partial charge on any atom is -0.344 e. The third-order valence-corrected chi connectivity index (χ3v) is 7.92. The van der Waals surface area contributed by atoms with E-state index in [0.717, 1.165) is 41.9 Å². The van der Waals surface area contributed by atoms with Gasteiger partial charge in [0.25, 0.3) is 10.1 Å². The topological polar surface area (TPSA) is 57.6 Å². The normalized spacial score (nSPS) is 16.9. The number of allylic oxidation sites excluding steroid dienone is 5. The zero-order chi connectivity index (χ0) is 25.3. The molecular formula is C29H37NO3S. The van der Waals surface area contributed by atoms with E-state index in [0.29, 0.717) is 0 Å². The summed E-state index contributed by atoms with van der Waals surface area (Å²) in [6, 6.07) is 13.3. The number of hydrogen-bond acceptors (Lipinski definition) is 3. The van der Waals surface area contributed by atoms with Gasteiger partial charge in [-0.05, 0) is 59.9 Å². The van der Waals surface area contributed by atoms with E-state index in [1.165, 1.54) is 17.2 Å². The second-order valence-corrected chi connectivity index (χ2v) is 11.6. The first-order valence-corrected chi connectivity index (χ1v) is 13.3. The van der Waals surface area contributed by atoms with E-state index >= 15 is 0 Å². The molecule has 182 valence electrons. The summed E-state index contributed by atoms with van der Waals surface area (Å²) in [7, 11) is -4.26. The lowest BCUT2D eigenvalue weighted by Gasteiger charge is -2.28. The average Bonchev–Trinajstić information content (AvgIpc) is 2.97. The Labute approximate surface area is 205 Å². The molecule has 0 saturated heterocycles. The van der Waals surface area contributed by atoms with Gasteiger partial charge in [-0.15, -0.1) is 0 Å². The van der Waals surface area contributed by atoms with Gasteiger partial charge in [-0.25, -0.2) is 0 Å². The van der Waals surface area contributed by atoms with Gasteiger partial charge in [-0.3, -0.25) is 4.55 Å². The van der Waals surface area contributed by atoms with Gasteiger partial charge in [-0.2, -0.15) is 8.42 Å². The van der Waals surface area contributed by atoms with Crippen molar-refractivity contribution in [2.75, 3.05) is 11.4 Å². The number of nitrogens with zero attached hydrogens (tertiary/aromatic N) is 1. The van der Waals surface area contributed by atoms with Crippen molar-refractivity contribution in [3.63, 3.8) is 0 Å². The van der Waals surface area contributed by atoms with E-state index in [1.54, 1.807) is 12.1 Å². The van der Waals surface area contributed by atoms with Gasteiger partial charge in [0, 0.05) is 28.8 Å². The fourth-order valence-corrected chi connectivity index (χ4v) is 5.29. The Morgan fingerprint density at radius 1 is 1.18 bits per heavy atom. The molecule has 0 amide bonds. The van der Waals surface area contributed by atoms with Crippen LogP contribution in [0.1, 0.15) is 64.2 Å². The molecule has 5 heteroatoms. The molecule has 0 radical (unpaired) electrons. The number of anilines is 1. The van der Waals surface area contributed by atoms with E-state index in [2.05, 4.69) is 89.4 Å². The molecule has 0 bridgehead atoms. The lowest BCUT2D eigenvalue weighted by molar-refractivity contribution is 0.483. The molecule has 0 unspecified atom stereocenters. The van der Waals surface area contributed by atoms with Crippen molar-refractivity contribution in [1.82, 2.24) is 0 Å².